The summed E-state index contributed by atoms with van der Waals surface area (Å²) in [6.07, 6.45) is 0. The molecule has 0 bridgehead atoms. The van der Waals surface area contributed by atoms with Crippen molar-refractivity contribution in [2.24, 2.45) is 0 Å². The van der Waals surface area contributed by atoms with Crippen molar-refractivity contribution < 1.29 is 14.9 Å². The smallest absolute Gasteiger partial charge is 0.254 e. The molecule has 1 aromatic carbocycles. The van der Waals surface area contributed by atoms with E-state index in [1.165, 1.54) is 0 Å². The van der Waals surface area contributed by atoms with Crippen LogP contribution in [0.5, 0.6) is 5.75 Å². The van der Waals surface area contributed by atoms with Crippen LogP contribution >= 0.6 is 0 Å². The zero-order chi connectivity index (χ0) is 12.4. The van der Waals surface area contributed by atoms with Crippen LogP contribution < -0.4 is 10.3 Å². The molecule has 0 aliphatic heterocycles. The van der Waals surface area contributed by atoms with Crippen LogP contribution in [-0.2, 0) is 13.2 Å². The van der Waals surface area contributed by atoms with Crippen molar-refractivity contribution in [1.82, 2.24) is 4.98 Å². The number of methoxy groups -OCH3 is 1. The first kappa shape index (κ1) is 11.6. The van der Waals surface area contributed by atoms with Crippen molar-refractivity contribution in [3.63, 3.8) is 0 Å². The third-order valence-corrected chi connectivity index (χ3v) is 2.75. The van der Waals surface area contributed by atoms with Gasteiger partial charge >= 0.3 is 0 Å². The van der Waals surface area contributed by atoms with Crippen molar-refractivity contribution in [3.8, 4) is 5.75 Å². The standard InChI is InChI=1S/C12H13NO4/c1-17-7-2-3-11-8(4-7)9(5-14)10(6-15)12(16)13-11/h2-4,14-15H,5-6H2,1H3,(H,13,16). The van der Waals surface area contributed by atoms with E-state index in [-0.39, 0.29) is 17.7 Å². The molecule has 2 aromatic rings. The van der Waals surface area contributed by atoms with Crippen LogP contribution in [0.4, 0.5) is 0 Å². The molecule has 0 saturated carbocycles. The van der Waals surface area contributed by atoms with E-state index in [1.807, 2.05) is 0 Å². The lowest BCUT2D eigenvalue weighted by Crippen LogP contribution is -2.16. The van der Waals surface area contributed by atoms with Gasteiger partial charge in [0, 0.05) is 16.5 Å². The summed E-state index contributed by atoms with van der Waals surface area (Å²) in [5.74, 6) is 0.628. The largest absolute Gasteiger partial charge is 0.497 e. The van der Waals surface area contributed by atoms with Crippen LogP contribution in [0.25, 0.3) is 10.9 Å². The number of aliphatic hydroxyl groups is 2. The molecule has 0 spiro atoms. The SMILES string of the molecule is COc1ccc2[nH]c(=O)c(CO)c(CO)c2c1. The lowest BCUT2D eigenvalue weighted by Gasteiger charge is -2.09. The number of ether oxygens (including phenoxy) is 1. The summed E-state index contributed by atoms with van der Waals surface area (Å²) in [5.41, 5.74) is 0.852. The Morgan fingerprint density at radius 2 is 1.94 bits per heavy atom. The van der Waals surface area contributed by atoms with E-state index < -0.39 is 6.61 Å². The zero-order valence-corrected chi connectivity index (χ0v) is 9.36. The molecule has 2 rings (SSSR count). The summed E-state index contributed by atoms with van der Waals surface area (Å²) in [4.78, 5) is 14.3. The number of hydrogen-bond acceptors (Lipinski definition) is 4. The summed E-state index contributed by atoms with van der Waals surface area (Å²) < 4.78 is 5.09. The molecule has 17 heavy (non-hydrogen) atoms. The van der Waals surface area contributed by atoms with Crippen molar-refractivity contribution in [2.75, 3.05) is 7.11 Å². The molecular weight excluding hydrogens is 222 g/mol. The van der Waals surface area contributed by atoms with Crippen LogP contribution in [0, 0.1) is 0 Å². The van der Waals surface area contributed by atoms with Gasteiger partial charge in [0.1, 0.15) is 5.75 Å². The summed E-state index contributed by atoms with van der Waals surface area (Å²) in [6, 6.07) is 5.14. The number of aromatic nitrogens is 1. The first-order chi connectivity index (χ1) is 8.21. The fourth-order valence-electron chi connectivity index (χ4n) is 1.85. The van der Waals surface area contributed by atoms with E-state index >= 15 is 0 Å². The van der Waals surface area contributed by atoms with Gasteiger partial charge in [0.05, 0.1) is 20.3 Å². The van der Waals surface area contributed by atoms with E-state index in [1.54, 1.807) is 25.3 Å². The third kappa shape index (κ3) is 1.90. The average molecular weight is 235 g/mol. The quantitative estimate of drug-likeness (QED) is 0.724. The molecular formula is C12H13NO4. The average Bonchev–Trinajstić information content (AvgIpc) is 2.36. The molecule has 5 heteroatoms. The Hall–Kier alpha value is -1.85. The summed E-state index contributed by atoms with van der Waals surface area (Å²) in [5, 5.41) is 19.2. The second-order valence-corrected chi connectivity index (χ2v) is 3.64. The molecule has 5 nitrogen and oxygen atoms in total. The van der Waals surface area contributed by atoms with Crippen molar-refractivity contribution in [2.45, 2.75) is 13.2 Å². The minimum atomic E-state index is -0.404. The number of fused-ring (bicyclic) bond motifs is 1. The Balaban J connectivity index is 2.85. The van der Waals surface area contributed by atoms with E-state index in [0.29, 0.717) is 22.2 Å². The molecule has 0 fully saturated rings. The fraction of sp³-hybridized carbons (Fsp3) is 0.250. The van der Waals surface area contributed by atoms with Crippen LogP contribution in [0.15, 0.2) is 23.0 Å². The van der Waals surface area contributed by atoms with Gasteiger partial charge in [-0.05, 0) is 23.8 Å². The number of pyridine rings is 1. The van der Waals surface area contributed by atoms with Crippen LogP contribution in [-0.4, -0.2) is 22.3 Å². The van der Waals surface area contributed by atoms with Gasteiger partial charge in [-0.25, -0.2) is 0 Å². The van der Waals surface area contributed by atoms with Crippen LogP contribution in [0.3, 0.4) is 0 Å². The Morgan fingerprint density at radius 1 is 1.24 bits per heavy atom. The van der Waals surface area contributed by atoms with Crippen LogP contribution in [0.2, 0.25) is 0 Å². The second kappa shape index (κ2) is 4.57. The number of rotatable bonds is 3. The maximum absolute atomic E-state index is 11.6. The normalized spacial score (nSPS) is 10.8. The lowest BCUT2D eigenvalue weighted by molar-refractivity contribution is 0.260. The monoisotopic (exact) mass is 235 g/mol. The molecule has 0 amide bonds. The minimum Gasteiger partial charge on any atom is -0.497 e. The highest BCUT2D eigenvalue weighted by molar-refractivity contribution is 5.84. The van der Waals surface area contributed by atoms with Gasteiger partial charge in [0.25, 0.3) is 5.56 Å². The highest BCUT2D eigenvalue weighted by atomic mass is 16.5. The molecule has 3 N–H and O–H groups in total. The number of H-pyrrole nitrogens is 1. The van der Waals surface area contributed by atoms with Gasteiger partial charge in [-0.2, -0.15) is 0 Å². The number of nitrogens with one attached hydrogen (secondary N) is 1. The van der Waals surface area contributed by atoms with Gasteiger partial charge in [-0.1, -0.05) is 0 Å². The summed E-state index contributed by atoms with van der Waals surface area (Å²) >= 11 is 0. The predicted octanol–water partition coefficient (Wildman–Crippen LogP) is 0.521. The Kier molecular flexibility index (Phi) is 3.12. The molecule has 90 valence electrons. The predicted molar refractivity (Wildman–Crippen MR) is 63.0 cm³/mol. The first-order valence-corrected chi connectivity index (χ1v) is 5.14. The Morgan fingerprint density at radius 3 is 2.53 bits per heavy atom. The van der Waals surface area contributed by atoms with Crippen LogP contribution in [0.1, 0.15) is 11.1 Å². The van der Waals surface area contributed by atoms with Crippen molar-refractivity contribution in [1.29, 1.82) is 0 Å². The maximum Gasteiger partial charge on any atom is 0.254 e. The number of aliphatic hydroxyl groups excluding tert-OH is 2. The molecule has 0 aliphatic carbocycles. The molecule has 1 aromatic heterocycles. The topological polar surface area (TPSA) is 82.6 Å². The summed E-state index contributed by atoms with van der Waals surface area (Å²) in [7, 11) is 1.54. The molecule has 1 heterocycles. The highest BCUT2D eigenvalue weighted by Gasteiger charge is 2.11. The van der Waals surface area contributed by atoms with E-state index in [0.717, 1.165) is 0 Å². The maximum atomic E-state index is 11.6. The van der Waals surface area contributed by atoms with Gasteiger partial charge < -0.3 is 19.9 Å². The molecule has 0 unspecified atom stereocenters. The van der Waals surface area contributed by atoms with Gasteiger partial charge in [0.2, 0.25) is 0 Å². The molecule has 0 radical (unpaired) electrons. The van der Waals surface area contributed by atoms with Crippen molar-refractivity contribution in [3.05, 3.63) is 39.7 Å². The molecule has 0 atom stereocenters. The summed E-state index contributed by atoms with van der Waals surface area (Å²) in [6.45, 7) is -0.706. The first-order valence-electron chi connectivity index (χ1n) is 5.14. The van der Waals surface area contributed by atoms with Gasteiger partial charge in [-0.15, -0.1) is 0 Å². The zero-order valence-electron chi connectivity index (χ0n) is 9.36. The van der Waals surface area contributed by atoms with Gasteiger partial charge in [0.15, 0.2) is 0 Å². The third-order valence-electron chi connectivity index (χ3n) is 2.75. The number of hydrogen-bond donors (Lipinski definition) is 3. The van der Waals surface area contributed by atoms with E-state index in [2.05, 4.69) is 4.98 Å². The second-order valence-electron chi connectivity index (χ2n) is 3.64. The fourth-order valence-corrected chi connectivity index (χ4v) is 1.85. The van der Waals surface area contributed by atoms with E-state index in [4.69, 9.17) is 9.84 Å². The lowest BCUT2D eigenvalue weighted by atomic mass is 10.0. The van der Waals surface area contributed by atoms with Gasteiger partial charge in [-0.3, -0.25) is 4.79 Å². The van der Waals surface area contributed by atoms with Crippen molar-refractivity contribution >= 4 is 10.9 Å². The molecule has 0 aliphatic rings. The van der Waals surface area contributed by atoms with E-state index in [9.17, 15) is 9.90 Å². The number of aromatic amines is 1. The number of benzene rings is 1. The minimum absolute atomic E-state index is 0.188. The Labute approximate surface area is 97.3 Å². The Bertz CT molecular complexity index is 603. The highest BCUT2D eigenvalue weighted by Crippen LogP contribution is 2.23. The molecule has 0 saturated heterocycles.